The van der Waals surface area contributed by atoms with E-state index in [1.807, 2.05) is 26.0 Å². The third-order valence-corrected chi connectivity index (χ3v) is 3.60. The second-order valence-corrected chi connectivity index (χ2v) is 5.35. The molecule has 112 valence electrons. The first-order valence-corrected chi connectivity index (χ1v) is 7.04. The molecule has 0 saturated carbocycles. The average molecular weight is 317 g/mol. The lowest BCUT2D eigenvalue weighted by molar-refractivity contribution is -0.131. The monoisotopic (exact) mass is 316 g/mol. The number of fused-ring (bicyclic) bond motifs is 1. The Morgan fingerprint density at radius 2 is 2.05 bits per heavy atom. The van der Waals surface area contributed by atoms with Gasteiger partial charge < -0.3 is 9.15 Å². The number of aryl methyl sites for hydroxylation is 2. The number of ether oxygens (including phenoxy) is 1. The zero-order valence-electron chi connectivity index (χ0n) is 12.3. The first kappa shape index (κ1) is 14.5. The maximum atomic E-state index is 11.3. The number of benzene rings is 1. The summed E-state index contributed by atoms with van der Waals surface area (Å²) in [6.07, 6.45) is 1.35. The Hall–Kier alpha value is -2.40. The van der Waals surface area contributed by atoms with E-state index in [9.17, 15) is 4.79 Å². The summed E-state index contributed by atoms with van der Waals surface area (Å²) in [5, 5.41) is 0.993. The fourth-order valence-electron chi connectivity index (χ4n) is 2.34. The summed E-state index contributed by atoms with van der Waals surface area (Å²) in [6.45, 7) is 5.15. The van der Waals surface area contributed by atoms with E-state index in [4.69, 9.17) is 20.8 Å². The van der Waals surface area contributed by atoms with Crippen molar-refractivity contribution in [3.8, 4) is 17.1 Å². The Kier molecular flexibility index (Phi) is 3.58. The first-order valence-electron chi connectivity index (χ1n) is 6.66. The number of hydrogen-bond donors (Lipinski definition) is 0. The number of halogens is 1. The number of hydrogen-bond acceptors (Lipinski definition) is 5. The molecule has 0 spiro atoms. The highest BCUT2D eigenvalue weighted by molar-refractivity contribution is 6.34. The van der Waals surface area contributed by atoms with E-state index in [2.05, 4.69) is 9.97 Å². The number of furan rings is 1. The van der Waals surface area contributed by atoms with E-state index in [0.717, 1.165) is 11.1 Å². The van der Waals surface area contributed by atoms with Gasteiger partial charge in [0.25, 0.3) is 0 Å². The van der Waals surface area contributed by atoms with Crippen LogP contribution >= 0.6 is 11.6 Å². The van der Waals surface area contributed by atoms with E-state index in [-0.39, 0.29) is 0 Å². The number of carbonyl (C=O) groups excluding carboxylic acids is 1. The molecule has 0 bridgehead atoms. The minimum atomic E-state index is -0.390. The lowest BCUT2D eigenvalue weighted by Crippen LogP contribution is -2.03. The predicted octanol–water partition coefficient (Wildman–Crippen LogP) is 4.09. The third-order valence-electron chi connectivity index (χ3n) is 3.32. The first-order chi connectivity index (χ1) is 10.5. The van der Waals surface area contributed by atoms with Crippen LogP contribution in [0.4, 0.5) is 0 Å². The smallest absolute Gasteiger partial charge is 0.308 e. The predicted molar refractivity (Wildman–Crippen MR) is 83.0 cm³/mol. The molecule has 0 atom stereocenters. The Labute approximate surface area is 131 Å². The van der Waals surface area contributed by atoms with Gasteiger partial charge in [-0.05, 0) is 31.5 Å². The van der Waals surface area contributed by atoms with Crippen LogP contribution in [0.15, 0.2) is 28.9 Å². The number of nitrogens with zero attached hydrogens (tertiary/aromatic N) is 2. The van der Waals surface area contributed by atoms with Gasteiger partial charge in [0.1, 0.15) is 23.0 Å². The summed E-state index contributed by atoms with van der Waals surface area (Å²) >= 11 is 6.12. The largest absolute Gasteiger partial charge is 0.437 e. The van der Waals surface area contributed by atoms with Gasteiger partial charge in [-0.15, -0.1) is 0 Å². The van der Waals surface area contributed by atoms with E-state index in [1.54, 1.807) is 6.07 Å². The second kappa shape index (κ2) is 5.42. The molecule has 0 aliphatic carbocycles. The van der Waals surface area contributed by atoms with Crippen molar-refractivity contribution in [3.63, 3.8) is 0 Å². The van der Waals surface area contributed by atoms with Crippen molar-refractivity contribution in [1.29, 1.82) is 0 Å². The molecule has 0 unspecified atom stereocenters. The van der Waals surface area contributed by atoms with Crippen molar-refractivity contribution in [2.45, 2.75) is 20.8 Å². The molecule has 2 aromatic heterocycles. The Bertz CT molecular complexity index is 886. The van der Waals surface area contributed by atoms with Gasteiger partial charge in [0.2, 0.25) is 5.71 Å². The molecule has 5 nitrogen and oxygen atoms in total. The van der Waals surface area contributed by atoms with Gasteiger partial charge in [0, 0.05) is 12.5 Å². The lowest BCUT2D eigenvalue weighted by Gasteiger charge is -2.08. The minimum Gasteiger partial charge on any atom is -0.437 e. The molecule has 1 aromatic carbocycles. The molecular formula is C16H13ClN2O3. The van der Waals surface area contributed by atoms with Crippen LogP contribution in [0.25, 0.3) is 22.4 Å². The summed E-state index contributed by atoms with van der Waals surface area (Å²) in [5.41, 5.74) is 2.86. The van der Waals surface area contributed by atoms with Crippen LogP contribution in [0.3, 0.4) is 0 Å². The van der Waals surface area contributed by atoms with Crippen molar-refractivity contribution in [3.05, 3.63) is 40.8 Å². The molecule has 0 aliphatic heterocycles. The van der Waals surface area contributed by atoms with Crippen molar-refractivity contribution in [1.82, 2.24) is 9.97 Å². The Balaban J connectivity index is 2.26. The van der Waals surface area contributed by atoms with Gasteiger partial charge in [-0.1, -0.05) is 17.7 Å². The molecule has 0 saturated heterocycles. The topological polar surface area (TPSA) is 65.2 Å². The number of carbonyl (C=O) groups is 1. The highest BCUT2D eigenvalue weighted by Crippen LogP contribution is 2.39. The highest BCUT2D eigenvalue weighted by Gasteiger charge is 2.20. The van der Waals surface area contributed by atoms with Crippen LogP contribution in [-0.2, 0) is 4.79 Å². The zero-order valence-corrected chi connectivity index (χ0v) is 13.1. The average Bonchev–Trinajstić information content (AvgIpc) is 2.77. The van der Waals surface area contributed by atoms with Gasteiger partial charge in [0.05, 0.1) is 10.9 Å². The molecule has 0 fully saturated rings. The van der Waals surface area contributed by atoms with E-state index in [1.165, 1.54) is 13.3 Å². The molecule has 0 radical (unpaired) electrons. The molecule has 0 aliphatic rings. The minimum absolute atomic E-state index is 0.332. The van der Waals surface area contributed by atoms with E-state index >= 15 is 0 Å². The molecule has 3 aromatic rings. The highest BCUT2D eigenvalue weighted by atomic mass is 35.5. The van der Waals surface area contributed by atoms with Gasteiger partial charge >= 0.3 is 5.97 Å². The van der Waals surface area contributed by atoms with Crippen LogP contribution in [0.5, 0.6) is 5.75 Å². The second-order valence-electron chi connectivity index (χ2n) is 4.99. The van der Waals surface area contributed by atoms with Gasteiger partial charge in [-0.3, -0.25) is 4.79 Å². The summed E-state index contributed by atoms with van der Waals surface area (Å²) in [7, 11) is 0. The van der Waals surface area contributed by atoms with Gasteiger partial charge in [-0.25, -0.2) is 9.97 Å². The van der Waals surface area contributed by atoms with Gasteiger partial charge in [0.15, 0.2) is 0 Å². The molecule has 0 N–H and O–H groups in total. The molecular weight excluding hydrogens is 304 g/mol. The molecule has 2 heterocycles. The third kappa shape index (κ3) is 2.44. The van der Waals surface area contributed by atoms with Crippen molar-refractivity contribution in [2.75, 3.05) is 0 Å². The fourth-order valence-corrected chi connectivity index (χ4v) is 2.61. The maximum absolute atomic E-state index is 11.3. The summed E-state index contributed by atoms with van der Waals surface area (Å²) in [4.78, 5) is 19.4. The van der Waals surface area contributed by atoms with Crippen LogP contribution in [0.2, 0.25) is 5.15 Å². The van der Waals surface area contributed by atoms with Crippen molar-refractivity contribution >= 4 is 28.7 Å². The fraction of sp³-hybridized carbons (Fsp3) is 0.188. The zero-order chi connectivity index (χ0) is 15.9. The van der Waals surface area contributed by atoms with Crippen LogP contribution < -0.4 is 4.74 Å². The maximum Gasteiger partial charge on any atom is 0.308 e. The van der Waals surface area contributed by atoms with Crippen LogP contribution in [-0.4, -0.2) is 15.9 Å². The normalized spacial score (nSPS) is 10.9. The summed E-state index contributed by atoms with van der Waals surface area (Å²) in [5.74, 6) is 0.617. The summed E-state index contributed by atoms with van der Waals surface area (Å²) < 4.78 is 11.1. The number of aromatic nitrogens is 2. The SMILES string of the molecule is CC(=O)Oc1cc(C)ccc1-c1oc2ncnc(Cl)c2c1C. The summed E-state index contributed by atoms with van der Waals surface area (Å²) in [6, 6.07) is 5.55. The van der Waals surface area contributed by atoms with E-state index < -0.39 is 5.97 Å². The van der Waals surface area contributed by atoms with Crippen molar-refractivity contribution in [2.24, 2.45) is 0 Å². The van der Waals surface area contributed by atoms with Crippen LogP contribution in [0, 0.1) is 13.8 Å². The number of esters is 1. The molecule has 0 amide bonds. The van der Waals surface area contributed by atoms with Crippen LogP contribution in [0.1, 0.15) is 18.1 Å². The van der Waals surface area contributed by atoms with Gasteiger partial charge in [-0.2, -0.15) is 0 Å². The quantitative estimate of drug-likeness (QED) is 0.405. The van der Waals surface area contributed by atoms with E-state index in [0.29, 0.717) is 33.3 Å². The molecule has 3 rings (SSSR count). The Morgan fingerprint density at radius 3 is 2.73 bits per heavy atom. The Morgan fingerprint density at radius 1 is 1.27 bits per heavy atom. The lowest BCUT2D eigenvalue weighted by atomic mass is 10.1. The number of rotatable bonds is 2. The standard InChI is InChI=1S/C16H13ClN2O3/c1-8-4-5-11(12(6-8)21-10(3)20)14-9(2)13-15(17)18-7-19-16(13)22-14/h4-7H,1-3H3. The molecule has 6 heteroatoms. The van der Waals surface area contributed by atoms with Crippen molar-refractivity contribution < 1.29 is 13.9 Å². The molecule has 22 heavy (non-hydrogen) atoms.